The summed E-state index contributed by atoms with van der Waals surface area (Å²) in [5.41, 5.74) is 5.42. The molecule has 0 aliphatic heterocycles. The first kappa shape index (κ1) is 11.3. The van der Waals surface area contributed by atoms with E-state index >= 15 is 0 Å². The smallest absolute Gasteiger partial charge is 0.182 e. The maximum absolute atomic E-state index is 13.3. The topological polar surface area (TPSA) is 38.0 Å². The van der Waals surface area contributed by atoms with Crippen LogP contribution in [-0.2, 0) is 0 Å². The lowest BCUT2D eigenvalue weighted by molar-refractivity contribution is 0.512. The van der Waals surface area contributed by atoms with Crippen molar-refractivity contribution in [3.63, 3.8) is 0 Å². The zero-order valence-corrected chi connectivity index (χ0v) is 8.68. The van der Waals surface area contributed by atoms with Crippen LogP contribution in [0.1, 0.15) is 0 Å². The molecule has 0 saturated carbocycles. The second-order valence-corrected chi connectivity index (χ2v) is 3.43. The minimum Gasteiger partial charge on any atom is -0.395 e. The van der Waals surface area contributed by atoms with Crippen molar-refractivity contribution in [3.05, 3.63) is 53.8 Å². The van der Waals surface area contributed by atoms with E-state index in [4.69, 9.17) is 5.73 Å². The predicted octanol–water partition coefficient (Wildman–Crippen LogP) is 3.43. The second-order valence-electron chi connectivity index (χ2n) is 3.43. The average molecular weight is 238 g/mol. The van der Waals surface area contributed by atoms with Gasteiger partial charge in [-0.25, -0.2) is 13.2 Å². The summed E-state index contributed by atoms with van der Waals surface area (Å²) in [6.07, 6.45) is 0. The van der Waals surface area contributed by atoms with E-state index in [9.17, 15) is 13.2 Å². The van der Waals surface area contributed by atoms with Gasteiger partial charge in [0.2, 0.25) is 0 Å². The molecule has 0 aliphatic carbocycles. The number of nitrogens with two attached hydrogens (primary N) is 1. The molecule has 0 radical (unpaired) electrons. The molecule has 0 amide bonds. The van der Waals surface area contributed by atoms with Crippen LogP contribution < -0.4 is 11.1 Å². The van der Waals surface area contributed by atoms with E-state index in [1.165, 1.54) is 30.3 Å². The summed E-state index contributed by atoms with van der Waals surface area (Å²) < 4.78 is 39.4. The van der Waals surface area contributed by atoms with Gasteiger partial charge in [-0.1, -0.05) is 12.1 Å². The van der Waals surface area contributed by atoms with Gasteiger partial charge in [0, 0.05) is 0 Å². The molecular weight excluding hydrogens is 229 g/mol. The number of rotatable bonds is 2. The number of nitrogen functional groups attached to an aromatic ring is 1. The number of nitrogens with one attached hydrogen (secondary N) is 1. The molecule has 0 bridgehead atoms. The van der Waals surface area contributed by atoms with Gasteiger partial charge in [0.05, 0.1) is 17.1 Å². The standard InChI is InChI=1S/C12H9F3N2/c13-7-3-1-5-9(11(7)15)17-10-6-2-4-8(14)12(10)16/h1-6,17H,16H2. The zero-order chi connectivity index (χ0) is 12.4. The van der Waals surface area contributed by atoms with Crippen molar-refractivity contribution in [2.24, 2.45) is 0 Å². The van der Waals surface area contributed by atoms with E-state index in [2.05, 4.69) is 5.32 Å². The van der Waals surface area contributed by atoms with Gasteiger partial charge in [-0.2, -0.15) is 0 Å². The summed E-state index contributed by atoms with van der Waals surface area (Å²) in [4.78, 5) is 0. The number of para-hydroxylation sites is 1. The molecule has 2 rings (SSSR count). The van der Waals surface area contributed by atoms with Gasteiger partial charge in [-0.05, 0) is 24.3 Å². The van der Waals surface area contributed by atoms with Crippen LogP contribution in [0.3, 0.4) is 0 Å². The third-order valence-electron chi connectivity index (χ3n) is 2.27. The number of anilines is 3. The van der Waals surface area contributed by atoms with Crippen molar-refractivity contribution in [1.82, 2.24) is 0 Å². The first-order chi connectivity index (χ1) is 8.09. The van der Waals surface area contributed by atoms with Gasteiger partial charge >= 0.3 is 0 Å². The molecule has 0 atom stereocenters. The van der Waals surface area contributed by atoms with Crippen LogP contribution in [0.15, 0.2) is 36.4 Å². The van der Waals surface area contributed by atoms with E-state index in [1.807, 2.05) is 0 Å². The first-order valence-electron chi connectivity index (χ1n) is 4.84. The normalized spacial score (nSPS) is 10.3. The van der Waals surface area contributed by atoms with Crippen molar-refractivity contribution in [1.29, 1.82) is 0 Å². The summed E-state index contributed by atoms with van der Waals surface area (Å²) in [7, 11) is 0. The second kappa shape index (κ2) is 4.37. The molecule has 2 aromatic carbocycles. The highest BCUT2D eigenvalue weighted by Crippen LogP contribution is 2.27. The van der Waals surface area contributed by atoms with Crippen molar-refractivity contribution < 1.29 is 13.2 Å². The lowest BCUT2D eigenvalue weighted by Gasteiger charge is -2.10. The van der Waals surface area contributed by atoms with Crippen LogP contribution in [0.5, 0.6) is 0 Å². The molecule has 0 saturated heterocycles. The van der Waals surface area contributed by atoms with Crippen molar-refractivity contribution in [2.75, 3.05) is 11.1 Å². The number of hydrogen-bond acceptors (Lipinski definition) is 2. The Hall–Kier alpha value is -2.17. The van der Waals surface area contributed by atoms with Crippen LogP contribution in [0.2, 0.25) is 0 Å². The predicted molar refractivity (Wildman–Crippen MR) is 60.5 cm³/mol. The van der Waals surface area contributed by atoms with Gasteiger partial charge in [0.1, 0.15) is 5.82 Å². The zero-order valence-electron chi connectivity index (χ0n) is 8.68. The van der Waals surface area contributed by atoms with Gasteiger partial charge in [-0.3, -0.25) is 0 Å². The molecule has 0 heterocycles. The Bertz CT molecular complexity index is 506. The van der Waals surface area contributed by atoms with Gasteiger partial charge in [0.25, 0.3) is 0 Å². The fourth-order valence-electron chi connectivity index (χ4n) is 1.39. The van der Waals surface area contributed by atoms with Crippen molar-refractivity contribution >= 4 is 17.1 Å². The quantitative estimate of drug-likeness (QED) is 0.786. The lowest BCUT2D eigenvalue weighted by atomic mass is 10.2. The maximum atomic E-state index is 13.3. The van der Waals surface area contributed by atoms with E-state index in [1.54, 1.807) is 0 Å². The molecule has 0 fully saturated rings. The highest BCUT2D eigenvalue weighted by molar-refractivity contribution is 5.73. The summed E-state index contributed by atoms with van der Waals surface area (Å²) in [6.45, 7) is 0. The average Bonchev–Trinajstić information content (AvgIpc) is 2.31. The molecule has 88 valence electrons. The Morgan fingerprint density at radius 2 is 1.41 bits per heavy atom. The van der Waals surface area contributed by atoms with E-state index < -0.39 is 17.5 Å². The SMILES string of the molecule is Nc1c(F)cccc1Nc1cccc(F)c1F. The van der Waals surface area contributed by atoms with Gasteiger partial charge in [0.15, 0.2) is 11.6 Å². The number of benzene rings is 2. The van der Waals surface area contributed by atoms with Gasteiger partial charge in [-0.15, -0.1) is 0 Å². The Labute approximate surface area is 95.9 Å². The third kappa shape index (κ3) is 2.18. The minimum atomic E-state index is -1.03. The molecule has 0 aromatic heterocycles. The Kier molecular flexibility index (Phi) is 2.91. The summed E-state index contributed by atoms with van der Waals surface area (Å²) in [6, 6.07) is 7.75. The summed E-state index contributed by atoms with van der Waals surface area (Å²) >= 11 is 0. The summed E-state index contributed by atoms with van der Waals surface area (Å²) in [5.74, 6) is -2.63. The van der Waals surface area contributed by atoms with E-state index in [0.29, 0.717) is 0 Å². The summed E-state index contributed by atoms with van der Waals surface area (Å²) in [5, 5.41) is 2.54. The van der Waals surface area contributed by atoms with Crippen LogP contribution >= 0.6 is 0 Å². The van der Waals surface area contributed by atoms with Gasteiger partial charge < -0.3 is 11.1 Å². The maximum Gasteiger partial charge on any atom is 0.182 e. The van der Waals surface area contributed by atoms with Crippen molar-refractivity contribution in [3.8, 4) is 0 Å². The molecule has 3 N–H and O–H groups in total. The molecule has 0 aliphatic rings. The molecule has 2 aromatic rings. The lowest BCUT2D eigenvalue weighted by Crippen LogP contribution is -2.01. The number of hydrogen-bond donors (Lipinski definition) is 2. The molecule has 0 spiro atoms. The molecule has 2 nitrogen and oxygen atoms in total. The fourth-order valence-corrected chi connectivity index (χ4v) is 1.39. The molecule has 5 heteroatoms. The highest BCUT2D eigenvalue weighted by Gasteiger charge is 2.10. The van der Waals surface area contributed by atoms with E-state index in [0.717, 1.165) is 6.07 Å². The molecule has 17 heavy (non-hydrogen) atoms. The molecular formula is C12H9F3N2. The van der Waals surface area contributed by atoms with Crippen LogP contribution in [0.4, 0.5) is 30.2 Å². The number of halogens is 3. The Balaban J connectivity index is 2.38. The fraction of sp³-hybridized carbons (Fsp3) is 0. The van der Waals surface area contributed by atoms with Crippen LogP contribution in [0.25, 0.3) is 0 Å². The molecule has 0 unspecified atom stereocenters. The highest BCUT2D eigenvalue weighted by atomic mass is 19.2. The van der Waals surface area contributed by atoms with E-state index in [-0.39, 0.29) is 17.1 Å². The minimum absolute atomic E-state index is 0.0951. The van der Waals surface area contributed by atoms with Crippen molar-refractivity contribution in [2.45, 2.75) is 0 Å². The monoisotopic (exact) mass is 238 g/mol. The third-order valence-corrected chi connectivity index (χ3v) is 2.27. The van der Waals surface area contributed by atoms with Crippen LogP contribution in [-0.4, -0.2) is 0 Å². The Morgan fingerprint density at radius 1 is 0.824 bits per heavy atom. The largest absolute Gasteiger partial charge is 0.395 e. The van der Waals surface area contributed by atoms with Crippen LogP contribution in [0, 0.1) is 17.5 Å². The first-order valence-corrected chi connectivity index (χ1v) is 4.84. The Morgan fingerprint density at radius 3 is 2.12 bits per heavy atom.